The Bertz CT molecular complexity index is 1410. The molecule has 0 bridgehead atoms. The second-order valence-electron chi connectivity index (χ2n) is 8.57. The van der Waals surface area contributed by atoms with Crippen LogP contribution in [0.15, 0.2) is 35.0 Å². The molecular formula is C25H23ClN4O3S. The molecule has 5 heterocycles. The van der Waals surface area contributed by atoms with Gasteiger partial charge < -0.3 is 19.9 Å². The van der Waals surface area contributed by atoms with Crippen molar-refractivity contribution in [3.63, 3.8) is 0 Å². The average Bonchev–Trinajstić information content (AvgIpc) is 3.57. The van der Waals surface area contributed by atoms with Crippen LogP contribution in [0.4, 0.5) is 0 Å². The zero-order chi connectivity index (χ0) is 23.2. The number of halogens is 1. The summed E-state index contributed by atoms with van der Waals surface area (Å²) in [5.41, 5.74) is 6.03. The molecular weight excluding hydrogens is 472 g/mol. The van der Waals surface area contributed by atoms with Crippen molar-refractivity contribution in [2.75, 3.05) is 6.54 Å². The highest BCUT2D eigenvalue weighted by Crippen LogP contribution is 2.48. The van der Waals surface area contributed by atoms with Gasteiger partial charge in [-0.2, -0.15) is 0 Å². The number of amides is 1. The van der Waals surface area contributed by atoms with Gasteiger partial charge in [-0.3, -0.25) is 9.78 Å². The maximum Gasteiger partial charge on any atom is 0.220 e. The second-order valence-corrected chi connectivity index (χ2v) is 10.1. The van der Waals surface area contributed by atoms with E-state index in [1.54, 1.807) is 17.5 Å². The SMILES string of the molecule is CCC(=O)NCc1cc2nccc(-c3cc(Cl)cc4c3OC(c3onc5c3CNCC5)C4)c2s1. The highest BCUT2D eigenvalue weighted by molar-refractivity contribution is 7.19. The number of carbonyl (C=O) groups excluding carboxylic acids is 1. The molecule has 0 radical (unpaired) electrons. The second kappa shape index (κ2) is 8.69. The summed E-state index contributed by atoms with van der Waals surface area (Å²) >= 11 is 8.19. The van der Waals surface area contributed by atoms with Crippen molar-refractivity contribution in [3.05, 3.63) is 62.9 Å². The number of thiophene rings is 1. The first-order valence-corrected chi connectivity index (χ1v) is 12.6. The molecule has 2 N–H and O–H groups in total. The van der Waals surface area contributed by atoms with Gasteiger partial charge in [0.25, 0.3) is 0 Å². The van der Waals surface area contributed by atoms with E-state index < -0.39 is 0 Å². The minimum Gasteiger partial charge on any atom is -0.481 e. The molecule has 9 heteroatoms. The maximum absolute atomic E-state index is 11.7. The van der Waals surface area contributed by atoms with Gasteiger partial charge in [-0.05, 0) is 24.3 Å². The van der Waals surface area contributed by atoms with Gasteiger partial charge >= 0.3 is 0 Å². The van der Waals surface area contributed by atoms with Crippen LogP contribution in [0.5, 0.6) is 5.75 Å². The molecule has 0 saturated heterocycles. The molecule has 34 heavy (non-hydrogen) atoms. The summed E-state index contributed by atoms with van der Waals surface area (Å²) < 4.78 is 13.3. The fourth-order valence-corrected chi connectivity index (χ4v) is 6.01. The molecule has 1 atom stereocenters. The standard InChI is InChI=1S/C25H23ClN4O3S/c1-2-22(31)29-11-15-10-20-25(34-15)16(3-6-28-20)17-9-14(26)7-13-8-21(32-23(13)17)24-18-12-27-5-4-19(18)30-33-24/h3,6-7,9-10,21,27H,2,4-5,8,11-12H2,1H3,(H,29,31). The Morgan fingerprint density at radius 3 is 3.12 bits per heavy atom. The lowest BCUT2D eigenvalue weighted by Crippen LogP contribution is -2.24. The molecule has 1 amide bonds. The van der Waals surface area contributed by atoms with Gasteiger partial charge in [-0.1, -0.05) is 23.7 Å². The van der Waals surface area contributed by atoms with E-state index in [2.05, 4.69) is 20.8 Å². The lowest BCUT2D eigenvalue weighted by atomic mass is 9.99. The molecule has 1 unspecified atom stereocenters. The zero-order valence-corrected chi connectivity index (χ0v) is 20.2. The van der Waals surface area contributed by atoms with E-state index in [1.165, 1.54) is 0 Å². The van der Waals surface area contributed by atoms with Crippen molar-refractivity contribution in [2.24, 2.45) is 0 Å². The van der Waals surface area contributed by atoms with E-state index in [4.69, 9.17) is 20.9 Å². The van der Waals surface area contributed by atoms with E-state index >= 15 is 0 Å². The summed E-state index contributed by atoms with van der Waals surface area (Å²) in [5.74, 6) is 1.65. The van der Waals surface area contributed by atoms with Crippen LogP contribution in [-0.2, 0) is 30.7 Å². The number of rotatable bonds is 5. The number of nitrogens with one attached hydrogen (secondary N) is 2. The van der Waals surface area contributed by atoms with Crippen LogP contribution in [0.2, 0.25) is 5.02 Å². The van der Waals surface area contributed by atoms with E-state index in [0.717, 1.165) is 74.1 Å². The highest BCUT2D eigenvalue weighted by Gasteiger charge is 2.34. The van der Waals surface area contributed by atoms with Crippen LogP contribution in [0, 0.1) is 0 Å². The van der Waals surface area contributed by atoms with Gasteiger partial charge in [0.1, 0.15) is 5.75 Å². The van der Waals surface area contributed by atoms with Crippen LogP contribution >= 0.6 is 22.9 Å². The molecule has 1 aromatic carbocycles. The highest BCUT2D eigenvalue weighted by atomic mass is 35.5. The Kier molecular flexibility index (Phi) is 5.51. The molecule has 2 aliphatic rings. The van der Waals surface area contributed by atoms with E-state index in [1.807, 2.05) is 31.2 Å². The fraction of sp³-hybridized carbons (Fsp3) is 0.320. The first kappa shape index (κ1) is 21.6. The molecule has 0 spiro atoms. The van der Waals surface area contributed by atoms with Gasteiger partial charge in [0.15, 0.2) is 11.9 Å². The third-order valence-corrected chi connectivity index (χ3v) is 7.74. The van der Waals surface area contributed by atoms with Crippen LogP contribution in [0.25, 0.3) is 21.3 Å². The predicted octanol–water partition coefficient (Wildman–Crippen LogP) is 4.95. The smallest absolute Gasteiger partial charge is 0.220 e. The molecule has 0 aliphatic carbocycles. The summed E-state index contributed by atoms with van der Waals surface area (Å²) in [7, 11) is 0. The number of hydrogen-bond donors (Lipinski definition) is 2. The summed E-state index contributed by atoms with van der Waals surface area (Å²) in [5, 5.41) is 11.3. The number of fused-ring (bicyclic) bond motifs is 3. The van der Waals surface area contributed by atoms with Gasteiger partial charge in [0.2, 0.25) is 5.91 Å². The Morgan fingerprint density at radius 2 is 2.24 bits per heavy atom. The first-order chi connectivity index (χ1) is 16.6. The molecule has 2 aliphatic heterocycles. The fourth-order valence-electron chi connectivity index (χ4n) is 4.68. The largest absolute Gasteiger partial charge is 0.481 e. The quantitative estimate of drug-likeness (QED) is 0.408. The lowest BCUT2D eigenvalue weighted by molar-refractivity contribution is -0.120. The Hall–Kier alpha value is -2.94. The number of ether oxygens (including phenoxy) is 1. The minimum absolute atomic E-state index is 0.0301. The van der Waals surface area contributed by atoms with Crippen molar-refractivity contribution < 1.29 is 14.1 Å². The summed E-state index contributed by atoms with van der Waals surface area (Å²) in [6.45, 7) is 3.99. The Balaban J connectivity index is 1.37. The van der Waals surface area contributed by atoms with E-state index in [0.29, 0.717) is 24.4 Å². The number of nitrogens with zero attached hydrogens (tertiary/aromatic N) is 2. The van der Waals surface area contributed by atoms with Crippen molar-refractivity contribution in [1.29, 1.82) is 0 Å². The summed E-state index contributed by atoms with van der Waals surface area (Å²) in [4.78, 5) is 17.3. The maximum atomic E-state index is 11.7. The molecule has 174 valence electrons. The Labute approximate surface area is 205 Å². The van der Waals surface area contributed by atoms with Crippen LogP contribution in [0.3, 0.4) is 0 Å². The molecule has 3 aromatic heterocycles. The monoisotopic (exact) mass is 494 g/mol. The first-order valence-electron chi connectivity index (χ1n) is 11.4. The van der Waals surface area contributed by atoms with Crippen molar-refractivity contribution in [2.45, 2.75) is 45.4 Å². The number of benzene rings is 1. The van der Waals surface area contributed by atoms with Crippen molar-refractivity contribution >= 4 is 39.1 Å². The van der Waals surface area contributed by atoms with Crippen molar-refractivity contribution in [3.8, 4) is 16.9 Å². The third-order valence-electron chi connectivity index (χ3n) is 6.36. The summed E-state index contributed by atoms with van der Waals surface area (Å²) in [6.07, 6.45) is 3.58. The average molecular weight is 495 g/mol. The minimum atomic E-state index is -0.233. The normalized spacial score (nSPS) is 16.8. The van der Waals surface area contributed by atoms with Gasteiger partial charge in [-0.25, -0.2) is 0 Å². The van der Waals surface area contributed by atoms with E-state index in [-0.39, 0.29) is 12.0 Å². The number of aromatic nitrogens is 2. The lowest BCUT2D eigenvalue weighted by Gasteiger charge is -2.15. The predicted molar refractivity (Wildman–Crippen MR) is 131 cm³/mol. The van der Waals surface area contributed by atoms with Crippen LogP contribution in [-0.4, -0.2) is 22.6 Å². The van der Waals surface area contributed by atoms with Gasteiger partial charge in [0.05, 0.1) is 22.5 Å². The molecule has 0 fully saturated rings. The van der Waals surface area contributed by atoms with Crippen LogP contribution in [0.1, 0.15) is 46.9 Å². The molecule has 4 aromatic rings. The van der Waals surface area contributed by atoms with Crippen molar-refractivity contribution in [1.82, 2.24) is 20.8 Å². The summed E-state index contributed by atoms with van der Waals surface area (Å²) in [6, 6.07) is 7.95. The molecule has 7 nitrogen and oxygen atoms in total. The Morgan fingerprint density at radius 1 is 1.32 bits per heavy atom. The molecule has 6 rings (SSSR count). The number of hydrogen-bond acceptors (Lipinski definition) is 7. The van der Waals surface area contributed by atoms with Crippen LogP contribution < -0.4 is 15.4 Å². The zero-order valence-electron chi connectivity index (χ0n) is 18.6. The van der Waals surface area contributed by atoms with Gasteiger partial charge in [0, 0.05) is 70.7 Å². The molecule has 0 saturated carbocycles. The van der Waals surface area contributed by atoms with E-state index in [9.17, 15) is 4.79 Å². The number of pyridine rings is 1. The number of carbonyl (C=O) groups is 1. The third kappa shape index (κ3) is 3.76. The van der Waals surface area contributed by atoms with Gasteiger partial charge in [-0.15, -0.1) is 11.3 Å². The topological polar surface area (TPSA) is 89.3 Å².